The van der Waals surface area contributed by atoms with Gasteiger partial charge in [-0.25, -0.2) is 4.98 Å². The molecule has 26 heavy (non-hydrogen) atoms. The highest BCUT2D eigenvalue weighted by Gasteiger charge is 2.11. The number of amides is 1. The lowest BCUT2D eigenvalue weighted by molar-refractivity contribution is -0.115. The van der Waals surface area contributed by atoms with Crippen molar-refractivity contribution in [3.05, 3.63) is 63.4 Å². The predicted octanol–water partition coefficient (Wildman–Crippen LogP) is 4.30. The van der Waals surface area contributed by atoms with Crippen molar-refractivity contribution in [2.45, 2.75) is 25.0 Å². The zero-order chi connectivity index (χ0) is 18.5. The maximum Gasteiger partial charge on any atom is 0.262 e. The maximum atomic E-state index is 12.6. The van der Waals surface area contributed by atoms with E-state index in [1.807, 2.05) is 49.4 Å². The van der Waals surface area contributed by atoms with Crippen LogP contribution >= 0.6 is 27.7 Å². The van der Waals surface area contributed by atoms with Crippen LogP contribution in [0, 0.1) is 0 Å². The Balaban J connectivity index is 1.66. The summed E-state index contributed by atoms with van der Waals surface area (Å²) < 4.78 is 2.62. The molecule has 3 rings (SSSR count). The van der Waals surface area contributed by atoms with Gasteiger partial charge in [0.25, 0.3) is 5.56 Å². The molecule has 2 aromatic carbocycles. The van der Waals surface area contributed by atoms with Gasteiger partial charge in [0.05, 0.1) is 10.9 Å². The molecule has 1 N–H and O–H groups in total. The topological polar surface area (TPSA) is 64.0 Å². The lowest BCUT2D eigenvalue weighted by atomic mass is 10.2. The van der Waals surface area contributed by atoms with E-state index in [2.05, 4.69) is 26.2 Å². The minimum absolute atomic E-state index is 0.0417. The van der Waals surface area contributed by atoms with E-state index >= 15 is 0 Å². The average molecular weight is 432 g/mol. The Bertz CT molecular complexity index is 986. The first-order valence-electron chi connectivity index (χ1n) is 8.26. The maximum absolute atomic E-state index is 12.6. The summed E-state index contributed by atoms with van der Waals surface area (Å²) in [5, 5.41) is 4.13. The van der Waals surface area contributed by atoms with Crippen molar-refractivity contribution >= 4 is 50.2 Å². The summed E-state index contributed by atoms with van der Waals surface area (Å²) >= 11 is 4.79. The molecule has 0 spiro atoms. The van der Waals surface area contributed by atoms with Crippen LogP contribution in [0.25, 0.3) is 10.9 Å². The minimum atomic E-state index is -0.0639. The summed E-state index contributed by atoms with van der Waals surface area (Å²) in [4.78, 5) is 29.3. The lowest BCUT2D eigenvalue weighted by Crippen LogP contribution is -2.22. The number of carbonyl (C=O) groups is 1. The highest BCUT2D eigenvalue weighted by molar-refractivity contribution is 9.10. The molecule has 1 heterocycles. The molecule has 1 amide bonds. The summed E-state index contributed by atoms with van der Waals surface area (Å²) in [5.41, 5.74) is 1.40. The fraction of sp³-hybridized carbons (Fsp3) is 0.211. The first-order valence-corrected chi connectivity index (χ1v) is 10.0. The Labute approximate surface area is 164 Å². The monoisotopic (exact) mass is 431 g/mol. The molecular formula is C19H18BrN3O2S. The average Bonchev–Trinajstić information content (AvgIpc) is 2.64. The molecule has 0 atom stereocenters. The van der Waals surface area contributed by atoms with Crippen molar-refractivity contribution < 1.29 is 4.79 Å². The SMILES string of the molecule is CCn1c(SCCC(=O)Nc2ccc(Br)cc2)nc2ccccc2c1=O. The van der Waals surface area contributed by atoms with Crippen molar-refractivity contribution in [2.24, 2.45) is 0 Å². The van der Waals surface area contributed by atoms with E-state index in [1.54, 1.807) is 10.6 Å². The third-order valence-electron chi connectivity index (χ3n) is 3.83. The van der Waals surface area contributed by atoms with Gasteiger partial charge in [-0.15, -0.1) is 0 Å². The second kappa shape index (κ2) is 8.51. The summed E-state index contributed by atoms with van der Waals surface area (Å²) in [5.74, 6) is 0.485. The van der Waals surface area contributed by atoms with E-state index in [0.29, 0.717) is 34.8 Å². The van der Waals surface area contributed by atoms with Crippen molar-refractivity contribution in [2.75, 3.05) is 11.1 Å². The molecule has 7 heteroatoms. The Morgan fingerprint density at radius 1 is 1.19 bits per heavy atom. The molecule has 0 aliphatic rings. The molecular weight excluding hydrogens is 414 g/mol. The summed E-state index contributed by atoms with van der Waals surface area (Å²) in [6, 6.07) is 14.8. The number of halogens is 1. The standard InChI is InChI=1S/C19H18BrN3O2S/c1-2-23-18(25)15-5-3-4-6-16(15)22-19(23)26-12-11-17(24)21-14-9-7-13(20)8-10-14/h3-10H,2,11-12H2,1H3,(H,21,24). The molecule has 0 saturated carbocycles. The third kappa shape index (κ3) is 4.34. The first-order chi connectivity index (χ1) is 12.6. The lowest BCUT2D eigenvalue weighted by Gasteiger charge is -2.11. The molecule has 5 nitrogen and oxygen atoms in total. The highest BCUT2D eigenvalue weighted by Crippen LogP contribution is 2.19. The van der Waals surface area contributed by atoms with Crippen molar-refractivity contribution in [3.63, 3.8) is 0 Å². The van der Waals surface area contributed by atoms with Crippen LogP contribution in [0.4, 0.5) is 5.69 Å². The van der Waals surface area contributed by atoms with Crippen LogP contribution in [0.15, 0.2) is 63.0 Å². The van der Waals surface area contributed by atoms with Gasteiger partial charge < -0.3 is 5.32 Å². The van der Waals surface area contributed by atoms with Gasteiger partial charge in [-0.2, -0.15) is 0 Å². The van der Waals surface area contributed by atoms with Crippen molar-refractivity contribution in [1.82, 2.24) is 9.55 Å². The Morgan fingerprint density at radius 3 is 2.65 bits per heavy atom. The molecule has 0 fully saturated rings. The first kappa shape index (κ1) is 18.7. The Kier molecular flexibility index (Phi) is 6.11. The number of anilines is 1. The molecule has 0 saturated heterocycles. The van der Waals surface area contributed by atoms with E-state index in [9.17, 15) is 9.59 Å². The molecule has 0 unspecified atom stereocenters. The second-order valence-electron chi connectivity index (χ2n) is 5.61. The summed E-state index contributed by atoms with van der Waals surface area (Å²) in [6.07, 6.45) is 0.340. The normalized spacial score (nSPS) is 10.8. The minimum Gasteiger partial charge on any atom is -0.326 e. The number of thioether (sulfide) groups is 1. The summed E-state index contributed by atoms with van der Waals surface area (Å²) in [6.45, 7) is 2.46. The van der Waals surface area contributed by atoms with Gasteiger partial charge in [0, 0.05) is 28.9 Å². The van der Waals surface area contributed by atoms with Crippen molar-refractivity contribution in [3.8, 4) is 0 Å². The zero-order valence-electron chi connectivity index (χ0n) is 14.2. The number of rotatable bonds is 6. The number of nitrogens with zero attached hydrogens (tertiary/aromatic N) is 2. The molecule has 3 aromatic rings. The van der Waals surface area contributed by atoms with Crippen LogP contribution in [0.2, 0.25) is 0 Å². The van der Waals surface area contributed by atoms with E-state index in [4.69, 9.17) is 0 Å². The Hall–Kier alpha value is -2.12. The molecule has 134 valence electrons. The molecule has 0 radical (unpaired) electrons. The van der Waals surface area contributed by atoms with Crippen LogP contribution in [0.3, 0.4) is 0 Å². The summed E-state index contributed by atoms with van der Waals surface area (Å²) in [7, 11) is 0. The third-order valence-corrected chi connectivity index (χ3v) is 5.34. The van der Waals surface area contributed by atoms with Gasteiger partial charge in [0.15, 0.2) is 5.16 Å². The van der Waals surface area contributed by atoms with Gasteiger partial charge in [0.2, 0.25) is 5.91 Å². The number of hydrogen-bond donors (Lipinski definition) is 1. The van der Waals surface area contributed by atoms with Gasteiger partial charge in [-0.3, -0.25) is 14.2 Å². The van der Waals surface area contributed by atoms with E-state index < -0.39 is 0 Å². The van der Waals surface area contributed by atoms with E-state index in [1.165, 1.54) is 11.8 Å². The zero-order valence-corrected chi connectivity index (χ0v) is 16.6. The fourth-order valence-electron chi connectivity index (χ4n) is 2.53. The van der Waals surface area contributed by atoms with Gasteiger partial charge >= 0.3 is 0 Å². The van der Waals surface area contributed by atoms with Crippen LogP contribution < -0.4 is 10.9 Å². The number of fused-ring (bicyclic) bond motifs is 1. The number of benzene rings is 2. The number of para-hydroxylation sites is 1. The second-order valence-corrected chi connectivity index (χ2v) is 7.59. The highest BCUT2D eigenvalue weighted by atomic mass is 79.9. The smallest absolute Gasteiger partial charge is 0.262 e. The number of nitrogens with one attached hydrogen (secondary N) is 1. The number of hydrogen-bond acceptors (Lipinski definition) is 4. The molecule has 0 aliphatic heterocycles. The van der Waals surface area contributed by atoms with Crippen LogP contribution in [0.1, 0.15) is 13.3 Å². The Morgan fingerprint density at radius 2 is 1.92 bits per heavy atom. The van der Waals surface area contributed by atoms with Crippen LogP contribution in [-0.4, -0.2) is 21.2 Å². The van der Waals surface area contributed by atoms with E-state index in [-0.39, 0.29) is 11.5 Å². The van der Waals surface area contributed by atoms with E-state index in [0.717, 1.165) is 10.2 Å². The van der Waals surface area contributed by atoms with Crippen molar-refractivity contribution in [1.29, 1.82) is 0 Å². The quantitative estimate of drug-likeness (QED) is 0.466. The number of carbonyl (C=O) groups excluding carboxylic acids is 1. The van der Waals surface area contributed by atoms with Crippen LogP contribution in [-0.2, 0) is 11.3 Å². The largest absolute Gasteiger partial charge is 0.326 e. The van der Waals surface area contributed by atoms with Crippen LogP contribution in [0.5, 0.6) is 0 Å². The molecule has 0 bridgehead atoms. The number of aromatic nitrogens is 2. The fourth-order valence-corrected chi connectivity index (χ4v) is 3.79. The molecule has 0 aliphatic carbocycles. The van der Waals surface area contributed by atoms with Gasteiger partial charge in [-0.1, -0.05) is 39.8 Å². The predicted molar refractivity (Wildman–Crippen MR) is 110 cm³/mol. The molecule has 1 aromatic heterocycles. The van der Waals surface area contributed by atoms with Gasteiger partial charge in [-0.05, 0) is 43.3 Å². The van der Waals surface area contributed by atoms with Gasteiger partial charge in [0.1, 0.15) is 0 Å².